The minimum atomic E-state index is -0.843. The number of hydrogen-bond acceptors (Lipinski definition) is 3. The van der Waals surface area contributed by atoms with Crippen LogP contribution in [0.15, 0.2) is 36.5 Å². The third kappa shape index (κ3) is 49.6. The Hall–Kier alpha value is -1.39. The van der Waals surface area contributed by atoms with E-state index in [0.717, 1.165) is 32.1 Å². The smallest absolute Gasteiger partial charge is 0.220 e. The van der Waals surface area contributed by atoms with Gasteiger partial charge in [-0.05, 0) is 51.4 Å². The van der Waals surface area contributed by atoms with Crippen molar-refractivity contribution in [2.24, 2.45) is 0 Å². The van der Waals surface area contributed by atoms with Crippen LogP contribution in [0.1, 0.15) is 309 Å². The second kappa shape index (κ2) is 53.9. The van der Waals surface area contributed by atoms with Crippen LogP contribution in [-0.2, 0) is 4.79 Å². The van der Waals surface area contributed by atoms with Crippen LogP contribution in [0.25, 0.3) is 0 Å². The normalized spacial score (nSPS) is 13.0. The number of aliphatic hydroxyl groups is 2. The average Bonchev–Trinajstić information content (AvgIpc) is 3.28. The van der Waals surface area contributed by atoms with Crippen molar-refractivity contribution < 1.29 is 15.0 Å². The summed E-state index contributed by atoms with van der Waals surface area (Å²) in [4.78, 5) is 12.4. The summed E-state index contributed by atoms with van der Waals surface area (Å²) in [7, 11) is 0. The molecule has 2 unspecified atom stereocenters. The first-order valence-electron chi connectivity index (χ1n) is 28.2. The first kappa shape index (κ1) is 60.6. The van der Waals surface area contributed by atoms with Gasteiger partial charge in [0.2, 0.25) is 5.91 Å². The van der Waals surface area contributed by atoms with E-state index >= 15 is 0 Å². The molecule has 0 spiro atoms. The van der Waals surface area contributed by atoms with Gasteiger partial charge in [0.1, 0.15) is 0 Å². The molecule has 0 aliphatic heterocycles. The lowest BCUT2D eigenvalue weighted by Crippen LogP contribution is -2.45. The highest BCUT2D eigenvalue weighted by atomic mass is 16.3. The van der Waals surface area contributed by atoms with Crippen molar-refractivity contribution in [2.75, 3.05) is 6.61 Å². The molecule has 2 atom stereocenters. The van der Waals surface area contributed by atoms with Gasteiger partial charge in [0, 0.05) is 6.42 Å². The van der Waals surface area contributed by atoms with Gasteiger partial charge >= 0.3 is 0 Å². The molecule has 4 nitrogen and oxygen atoms in total. The highest BCUT2D eigenvalue weighted by Gasteiger charge is 2.18. The molecule has 3 N–H and O–H groups in total. The van der Waals surface area contributed by atoms with Gasteiger partial charge in [-0.25, -0.2) is 0 Å². The van der Waals surface area contributed by atoms with Gasteiger partial charge in [-0.15, -0.1) is 0 Å². The zero-order valence-electron chi connectivity index (χ0n) is 42.2. The molecule has 0 aromatic rings. The quantitative estimate of drug-likeness (QED) is 0.0421. The Morgan fingerprint density at radius 3 is 0.984 bits per heavy atom. The molecule has 366 valence electrons. The fraction of sp³-hybridized carbons (Fsp3) is 0.879. The van der Waals surface area contributed by atoms with Gasteiger partial charge in [0.05, 0.1) is 18.8 Å². The Morgan fingerprint density at radius 2 is 0.661 bits per heavy atom. The summed E-state index contributed by atoms with van der Waals surface area (Å²) in [5.41, 5.74) is 0. The average molecular weight is 871 g/mol. The number of carbonyl (C=O) groups excluding carboxylic acids is 1. The molecule has 62 heavy (non-hydrogen) atoms. The van der Waals surface area contributed by atoms with Crippen molar-refractivity contribution in [3.63, 3.8) is 0 Å². The van der Waals surface area contributed by atoms with Crippen LogP contribution >= 0.6 is 0 Å². The fourth-order valence-electron chi connectivity index (χ4n) is 8.80. The molecule has 0 aliphatic rings. The Kier molecular flexibility index (Phi) is 52.7. The van der Waals surface area contributed by atoms with E-state index in [1.807, 2.05) is 6.08 Å². The second-order valence-corrected chi connectivity index (χ2v) is 19.4. The summed E-state index contributed by atoms with van der Waals surface area (Å²) < 4.78 is 0. The third-order valence-corrected chi connectivity index (χ3v) is 13.1. The van der Waals surface area contributed by atoms with Crippen molar-refractivity contribution in [2.45, 2.75) is 321 Å². The molecule has 0 aliphatic carbocycles. The lowest BCUT2D eigenvalue weighted by molar-refractivity contribution is -0.123. The maximum atomic E-state index is 12.4. The number of amides is 1. The van der Waals surface area contributed by atoms with Crippen molar-refractivity contribution in [3.05, 3.63) is 36.5 Å². The highest BCUT2D eigenvalue weighted by molar-refractivity contribution is 5.76. The maximum absolute atomic E-state index is 12.4. The van der Waals surface area contributed by atoms with Crippen molar-refractivity contribution in [1.82, 2.24) is 5.32 Å². The molecule has 0 rings (SSSR count). The lowest BCUT2D eigenvalue weighted by atomic mass is 10.0. The molecular formula is C58H111NO3. The zero-order valence-corrected chi connectivity index (χ0v) is 42.2. The molecule has 0 aromatic carbocycles. The standard InChI is InChI=1S/C58H111NO3/c1-3-5-7-9-11-13-15-17-19-21-23-24-25-26-27-28-29-30-31-32-33-34-35-36-37-39-41-43-45-47-49-51-53-57(61)56(55-60)59-58(62)54-52-50-48-46-44-42-40-38-22-20-18-16-14-12-10-8-6-4-2/h14,16,20,22,51,53,56-57,60-61H,3-13,15,17-19,21,23-50,52,54-55H2,1-2H3,(H,59,62)/b16-14-,22-20-,53-51+. The highest BCUT2D eigenvalue weighted by Crippen LogP contribution is 2.17. The number of rotatable bonds is 52. The molecule has 0 heterocycles. The first-order valence-corrected chi connectivity index (χ1v) is 28.2. The molecule has 0 radical (unpaired) electrons. The van der Waals surface area contributed by atoms with E-state index in [9.17, 15) is 15.0 Å². The van der Waals surface area contributed by atoms with Crippen molar-refractivity contribution in [1.29, 1.82) is 0 Å². The van der Waals surface area contributed by atoms with Crippen LogP contribution in [0.2, 0.25) is 0 Å². The summed E-state index contributed by atoms with van der Waals surface area (Å²) in [6.07, 6.45) is 73.1. The number of aliphatic hydroxyl groups excluding tert-OH is 2. The summed E-state index contributed by atoms with van der Waals surface area (Å²) in [5, 5.41) is 23.2. The molecule has 1 amide bonds. The number of carbonyl (C=O) groups is 1. The Morgan fingerprint density at radius 1 is 0.387 bits per heavy atom. The number of nitrogens with one attached hydrogen (secondary N) is 1. The number of hydrogen-bond donors (Lipinski definition) is 3. The van der Waals surface area contributed by atoms with E-state index in [4.69, 9.17) is 0 Å². The second-order valence-electron chi connectivity index (χ2n) is 19.4. The topological polar surface area (TPSA) is 69.6 Å². The minimum Gasteiger partial charge on any atom is -0.394 e. The number of allylic oxidation sites excluding steroid dienone is 5. The fourth-order valence-corrected chi connectivity index (χ4v) is 8.80. The van der Waals surface area contributed by atoms with E-state index in [2.05, 4.69) is 43.5 Å². The minimum absolute atomic E-state index is 0.0688. The molecular weight excluding hydrogens is 759 g/mol. The third-order valence-electron chi connectivity index (χ3n) is 13.1. The van der Waals surface area contributed by atoms with Crippen molar-refractivity contribution >= 4 is 5.91 Å². The number of unbranched alkanes of at least 4 members (excludes halogenated alkanes) is 41. The summed E-state index contributed by atoms with van der Waals surface area (Å²) >= 11 is 0. The molecule has 0 bridgehead atoms. The Labute approximate surface area is 389 Å². The predicted octanol–water partition coefficient (Wildman–Crippen LogP) is 18.5. The van der Waals surface area contributed by atoms with Gasteiger partial charge in [-0.1, -0.05) is 288 Å². The van der Waals surface area contributed by atoms with Crippen LogP contribution in [0.5, 0.6) is 0 Å². The molecule has 4 heteroatoms. The van der Waals surface area contributed by atoms with Crippen LogP contribution < -0.4 is 5.32 Å². The van der Waals surface area contributed by atoms with Crippen LogP contribution in [0.4, 0.5) is 0 Å². The van der Waals surface area contributed by atoms with Crippen LogP contribution in [-0.4, -0.2) is 34.9 Å². The summed E-state index contributed by atoms with van der Waals surface area (Å²) in [6.45, 7) is 4.32. The Bertz CT molecular complexity index is 943. The molecule has 0 saturated heterocycles. The van der Waals surface area contributed by atoms with Gasteiger partial charge in [-0.2, -0.15) is 0 Å². The Balaban J connectivity index is 3.45. The molecule has 0 aromatic heterocycles. The first-order chi connectivity index (χ1) is 30.7. The van der Waals surface area contributed by atoms with Crippen molar-refractivity contribution in [3.8, 4) is 0 Å². The largest absolute Gasteiger partial charge is 0.394 e. The lowest BCUT2D eigenvalue weighted by Gasteiger charge is -2.20. The van der Waals surface area contributed by atoms with E-state index in [-0.39, 0.29) is 12.5 Å². The van der Waals surface area contributed by atoms with Gasteiger partial charge < -0.3 is 15.5 Å². The van der Waals surface area contributed by atoms with Gasteiger partial charge in [0.15, 0.2) is 0 Å². The maximum Gasteiger partial charge on any atom is 0.220 e. The zero-order chi connectivity index (χ0) is 44.9. The van der Waals surface area contributed by atoms with Crippen LogP contribution in [0, 0.1) is 0 Å². The van der Waals surface area contributed by atoms with Gasteiger partial charge in [0.25, 0.3) is 0 Å². The summed E-state index contributed by atoms with van der Waals surface area (Å²) in [5.74, 6) is -0.0688. The van der Waals surface area contributed by atoms with Gasteiger partial charge in [-0.3, -0.25) is 4.79 Å². The van der Waals surface area contributed by atoms with E-state index in [1.165, 1.54) is 257 Å². The monoisotopic (exact) mass is 870 g/mol. The summed E-state index contributed by atoms with van der Waals surface area (Å²) in [6, 6.07) is -0.627. The van der Waals surface area contributed by atoms with Crippen LogP contribution in [0.3, 0.4) is 0 Å². The van der Waals surface area contributed by atoms with E-state index in [0.29, 0.717) is 6.42 Å². The predicted molar refractivity (Wildman–Crippen MR) is 276 cm³/mol. The molecule has 0 fully saturated rings. The SMILES string of the molecule is CCCCCC/C=C\C/C=C\CCCCCCCCCC(=O)NC(CO)C(O)/C=C/CCCCCCCCCCCCCCCCCCCCCCCCCCCCCCCC. The van der Waals surface area contributed by atoms with E-state index < -0.39 is 12.1 Å². The van der Waals surface area contributed by atoms with E-state index in [1.54, 1.807) is 6.08 Å². The molecule has 0 saturated carbocycles.